The Morgan fingerprint density at radius 3 is 2.93 bits per heavy atom. The van der Waals surface area contributed by atoms with Crippen LogP contribution in [0.4, 0.5) is 0 Å². The molecule has 0 aliphatic carbocycles. The number of ether oxygens (including phenoxy) is 1. The Kier molecular flexibility index (Phi) is 6.64. The lowest BCUT2D eigenvalue weighted by Gasteiger charge is -2.15. The Hall–Kier alpha value is -0.380. The molecule has 1 unspecified atom stereocenters. The van der Waals surface area contributed by atoms with Crippen molar-refractivity contribution in [1.82, 2.24) is 5.32 Å². The van der Waals surface area contributed by atoms with Gasteiger partial charge < -0.3 is 10.1 Å². The number of hydrogen-bond donors (Lipinski definition) is 1. The molecule has 0 bridgehead atoms. The smallest absolute Gasteiger partial charge is 0.0462 e. The van der Waals surface area contributed by atoms with Crippen LogP contribution in [-0.4, -0.2) is 26.8 Å². The lowest BCUT2D eigenvalue weighted by Crippen LogP contribution is -2.26. The Bertz CT molecular complexity index is 236. The summed E-state index contributed by atoms with van der Waals surface area (Å²) in [6.07, 6.45) is 4.75. The number of rotatable bonds is 8. The largest absolute Gasteiger partial charge is 0.385 e. The van der Waals surface area contributed by atoms with Gasteiger partial charge in [0.25, 0.3) is 0 Å². The molecule has 0 aliphatic heterocycles. The third kappa shape index (κ3) is 5.30. The van der Waals surface area contributed by atoms with Crippen LogP contribution in [0.1, 0.15) is 24.8 Å². The molecule has 1 aromatic rings. The Morgan fingerprint density at radius 2 is 2.33 bits per heavy atom. The molecule has 1 atom stereocenters. The van der Waals surface area contributed by atoms with Crippen LogP contribution in [0.25, 0.3) is 0 Å². The van der Waals surface area contributed by atoms with Gasteiger partial charge in [-0.15, -0.1) is 0 Å². The predicted molar refractivity (Wildman–Crippen MR) is 66.6 cm³/mol. The lowest BCUT2D eigenvalue weighted by atomic mass is 10.0. The molecule has 0 fully saturated rings. The van der Waals surface area contributed by atoms with Crippen LogP contribution in [0, 0.1) is 0 Å². The normalized spacial score (nSPS) is 12.9. The van der Waals surface area contributed by atoms with E-state index in [0.717, 1.165) is 13.0 Å². The molecule has 0 aromatic carbocycles. The van der Waals surface area contributed by atoms with Crippen LogP contribution >= 0.6 is 11.3 Å². The van der Waals surface area contributed by atoms with Gasteiger partial charge in [0.1, 0.15) is 0 Å². The molecular formula is C12H21NOS. The average molecular weight is 227 g/mol. The third-order valence-corrected chi connectivity index (χ3v) is 3.40. The number of hydrogen-bond acceptors (Lipinski definition) is 3. The van der Waals surface area contributed by atoms with Crippen LogP contribution in [0.3, 0.4) is 0 Å². The molecule has 0 spiro atoms. The van der Waals surface area contributed by atoms with Gasteiger partial charge in [0.2, 0.25) is 0 Å². The quantitative estimate of drug-likeness (QED) is 0.689. The summed E-state index contributed by atoms with van der Waals surface area (Å²) in [5.41, 5.74) is 1.46. The molecule has 0 amide bonds. The molecule has 0 aliphatic rings. The van der Waals surface area contributed by atoms with Crippen LogP contribution in [0.5, 0.6) is 0 Å². The van der Waals surface area contributed by atoms with Gasteiger partial charge in [0.05, 0.1) is 0 Å². The van der Waals surface area contributed by atoms with Gasteiger partial charge in [0.15, 0.2) is 0 Å². The van der Waals surface area contributed by atoms with E-state index in [1.807, 2.05) is 7.05 Å². The zero-order chi connectivity index (χ0) is 10.9. The molecule has 0 saturated carbocycles. The standard InChI is InChI=1S/C12H21NOS/c1-13-12(4-3-8-14-2)6-5-11-7-9-15-10-11/h7,9-10,12-13H,3-6,8H2,1-2H3. The molecular weight excluding hydrogens is 206 g/mol. The predicted octanol–water partition coefficient (Wildman–Crippen LogP) is 2.70. The minimum atomic E-state index is 0.625. The highest BCUT2D eigenvalue weighted by molar-refractivity contribution is 7.07. The highest BCUT2D eigenvalue weighted by atomic mass is 32.1. The molecule has 0 radical (unpaired) electrons. The van der Waals surface area contributed by atoms with Crippen molar-refractivity contribution in [1.29, 1.82) is 0 Å². The summed E-state index contributed by atoms with van der Waals surface area (Å²) in [5, 5.41) is 7.76. The van der Waals surface area contributed by atoms with E-state index in [1.165, 1.54) is 24.8 Å². The van der Waals surface area contributed by atoms with E-state index >= 15 is 0 Å². The van der Waals surface area contributed by atoms with E-state index in [1.54, 1.807) is 18.4 Å². The first kappa shape index (κ1) is 12.7. The molecule has 3 heteroatoms. The molecule has 1 heterocycles. The summed E-state index contributed by atoms with van der Waals surface area (Å²) in [6.45, 7) is 0.872. The van der Waals surface area contributed by atoms with Gasteiger partial charge in [0, 0.05) is 19.8 Å². The fourth-order valence-electron chi connectivity index (χ4n) is 1.68. The molecule has 86 valence electrons. The number of methoxy groups -OCH3 is 1. The molecule has 2 nitrogen and oxygen atoms in total. The summed E-state index contributed by atoms with van der Waals surface area (Å²) in [4.78, 5) is 0. The van der Waals surface area contributed by atoms with Crippen LogP contribution in [-0.2, 0) is 11.2 Å². The minimum Gasteiger partial charge on any atom is -0.385 e. The van der Waals surface area contributed by atoms with Gasteiger partial charge in [-0.25, -0.2) is 0 Å². The average Bonchev–Trinajstić information content (AvgIpc) is 2.76. The monoisotopic (exact) mass is 227 g/mol. The first-order valence-corrected chi connectivity index (χ1v) is 6.48. The molecule has 1 N–H and O–H groups in total. The number of aryl methyl sites for hydroxylation is 1. The van der Waals surface area contributed by atoms with Crippen molar-refractivity contribution in [2.45, 2.75) is 31.7 Å². The summed E-state index contributed by atoms with van der Waals surface area (Å²) in [5.74, 6) is 0. The summed E-state index contributed by atoms with van der Waals surface area (Å²) in [6, 6.07) is 2.84. The minimum absolute atomic E-state index is 0.625. The lowest BCUT2D eigenvalue weighted by molar-refractivity contribution is 0.188. The van der Waals surface area contributed by atoms with E-state index in [-0.39, 0.29) is 0 Å². The zero-order valence-electron chi connectivity index (χ0n) is 9.66. The second-order valence-corrected chi connectivity index (χ2v) is 4.57. The van der Waals surface area contributed by atoms with Crippen molar-refractivity contribution >= 4 is 11.3 Å². The SMILES string of the molecule is CNC(CCCOC)CCc1ccsc1. The van der Waals surface area contributed by atoms with Gasteiger partial charge in [-0.1, -0.05) is 0 Å². The maximum atomic E-state index is 5.06. The summed E-state index contributed by atoms with van der Waals surface area (Å²) < 4.78 is 5.06. The van der Waals surface area contributed by atoms with Crippen LogP contribution < -0.4 is 5.32 Å². The van der Waals surface area contributed by atoms with Crippen molar-refractivity contribution in [3.63, 3.8) is 0 Å². The maximum Gasteiger partial charge on any atom is 0.0462 e. The van der Waals surface area contributed by atoms with Crippen molar-refractivity contribution in [2.75, 3.05) is 20.8 Å². The second kappa shape index (κ2) is 7.85. The van der Waals surface area contributed by atoms with Crippen LogP contribution in [0.15, 0.2) is 16.8 Å². The molecule has 1 rings (SSSR count). The van der Waals surface area contributed by atoms with Gasteiger partial charge >= 0.3 is 0 Å². The molecule has 0 saturated heterocycles. The van der Waals surface area contributed by atoms with Gasteiger partial charge in [-0.2, -0.15) is 11.3 Å². The van der Waals surface area contributed by atoms with E-state index in [4.69, 9.17) is 4.74 Å². The van der Waals surface area contributed by atoms with Crippen molar-refractivity contribution in [3.8, 4) is 0 Å². The topological polar surface area (TPSA) is 21.3 Å². The highest BCUT2D eigenvalue weighted by Crippen LogP contribution is 2.11. The summed E-state index contributed by atoms with van der Waals surface area (Å²) in [7, 11) is 3.81. The van der Waals surface area contributed by atoms with Crippen molar-refractivity contribution in [2.24, 2.45) is 0 Å². The third-order valence-electron chi connectivity index (χ3n) is 2.67. The van der Waals surface area contributed by atoms with E-state index in [9.17, 15) is 0 Å². The van der Waals surface area contributed by atoms with Gasteiger partial charge in [-0.05, 0) is 55.1 Å². The Balaban J connectivity index is 2.16. The Labute approximate surface area is 96.7 Å². The molecule has 15 heavy (non-hydrogen) atoms. The van der Waals surface area contributed by atoms with Crippen molar-refractivity contribution < 1.29 is 4.74 Å². The van der Waals surface area contributed by atoms with E-state index < -0.39 is 0 Å². The fourth-order valence-corrected chi connectivity index (χ4v) is 2.39. The molecule has 1 aromatic heterocycles. The summed E-state index contributed by atoms with van der Waals surface area (Å²) >= 11 is 1.78. The Morgan fingerprint density at radius 1 is 1.47 bits per heavy atom. The first-order valence-electron chi connectivity index (χ1n) is 5.54. The van der Waals surface area contributed by atoms with E-state index in [2.05, 4.69) is 22.1 Å². The highest BCUT2D eigenvalue weighted by Gasteiger charge is 2.05. The van der Waals surface area contributed by atoms with Crippen molar-refractivity contribution in [3.05, 3.63) is 22.4 Å². The second-order valence-electron chi connectivity index (χ2n) is 3.79. The maximum absolute atomic E-state index is 5.06. The first-order chi connectivity index (χ1) is 7.36. The fraction of sp³-hybridized carbons (Fsp3) is 0.667. The number of nitrogens with one attached hydrogen (secondary N) is 1. The zero-order valence-corrected chi connectivity index (χ0v) is 10.5. The number of thiophene rings is 1. The van der Waals surface area contributed by atoms with Gasteiger partial charge in [-0.3, -0.25) is 0 Å². The van der Waals surface area contributed by atoms with E-state index in [0.29, 0.717) is 6.04 Å². The van der Waals surface area contributed by atoms with Crippen LogP contribution in [0.2, 0.25) is 0 Å².